The van der Waals surface area contributed by atoms with Crippen molar-refractivity contribution >= 4 is 45.5 Å². The molecule has 0 bridgehead atoms. The first kappa shape index (κ1) is 14.3. The summed E-state index contributed by atoms with van der Waals surface area (Å²) in [6, 6.07) is 6.15. The number of benzene rings is 1. The van der Waals surface area contributed by atoms with E-state index in [4.69, 9.17) is 4.74 Å². The van der Waals surface area contributed by atoms with Crippen molar-refractivity contribution in [1.29, 1.82) is 0 Å². The second kappa shape index (κ2) is 6.33. The van der Waals surface area contributed by atoms with E-state index in [1.54, 1.807) is 24.4 Å². The van der Waals surface area contributed by atoms with E-state index >= 15 is 0 Å². The Kier molecular flexibility index (Phi) is 4.76. The highest BCUT2D eigenvalue weighted by atomic mass is 127. The zero-order valence-corrected chi connectivity index (χ0v) is 13.0. The van der Waals surface area contributed by atoms with Crippen molar-refractivity contribution in [2.24, 2.45) is 0 Å². The van der Waals surface area contributed by atoms with E-state index in [0.717, 1.165) is 2.88 Å². The molecule has 19 heavy (non-hydrogen) atoms. The van der Waals surface area contributed by atoms with Gasteiger partial charge in [0.2, 0.25) is 0 Å². The predicted molar refractivity (Wildman–Crippen MR) is 82.6 cm³/mol. The van der Waals surface area contributed by atoms with Crippen molar-refractivity contribution in [1.82, 2.24) is 0 Å². The Morgan fingerprint density at radius 1 is 1.47 bits per heavy atom. The predicted octanol–water partition coefficient (Wildman–Crippen LogP) is 4.14. The maximum absolute atomic E-state index is 13.6. The third kappa shape index (κ3) is 3.66. The molecule has 0 aliphatic rings. The number of carbonyl (C=O) groups is 1. The van der Waals surface area contributed by atoms with E-state index in [2.05, 4.69) is 27.9 Å². The molecule has 0 aliphatic heterocycles. The Hall–Kier alpha value is -1.15. The number of ether oxygens (including phenoxy) is 1. The van der Waals surface area contributed by atoms with Gasteiger partial charge in [0.1, 0.15) is 0 Å². The van der Waals surface area contributed by atoms with Crippen molar-refractivity contribution in [2.75, 3.05) is 11.9 Å². The van der Waals surface area contributed by atoms with Gasteiger partial charge in [-0.1, -0.05) is 0 Å². The lowest BCUT2D eigenvalue weighted by Crippen LogP contribution is -2.11. The van der Waals surface area contributed by atoms with Gasteiger partial charge in [-0.15, -0.1) is 11.3 Å². The summed E-state index contributed by atoms with van der Waals surface area (Å²) in [4.78, 5) is 11.9. The quantitative estimate of drug-likeness (QED) is 0.796. The first-order valence-corrected chi connectivity index (χ1v) is 7.53. The first-order chi connectivity index (χ1) is 9.10. The van der Waals surface area contributed by atoms with Crippen molar-refractivity contribution < 1.29 is 13.9 Å². The highest BCUT2D eigenvalue weighted by Gasteiger charge is 2.10. The number of thiophene rings is 1. The molecule has 2 rings (SSSR count). The van der Waals surface area contributed by atoms with Crippen molar-refractivity contribution in [3.63, 3.8) is 0 Å². The van der Waals surface area contributed by atoms with E-state index in [1.807, 2.05) is 0 Å². The Morgan fingerprint density at radius 3 is 2.84 bits per heavy atom. The Balaban J connectivity index is 2.11. The van der Waals surface area contributed by atoms with E-state index in [1.165, 1.54) is 23.5 Å². The molecule has 3 nitrogen and oxygen atoms in total. The van der Waals surface area contributed by atoms with E-state index in [9.17, 15) is 9.18 Å². The number of halogens is 2. The third-order valence-corrected chi connectivity index (χ3v) is 4.11. The lowest BCUT2D eigenvalue weighted by molar-refractivity contribution is 0.102. The first-order valence-electron chi connectivity index (χ1n) is 5.58. The number of rotatable bonds is 4. The monoisotopic (exact) mass is 391 g/mol. The van der Waals surface area contributed by atoms with E-state index in [0.29, 0.717) is 17.9 Å². The summed E-state index contributed by atoms with van der Waals surface area (Å²) < 4.78 is 19.7. The highest BCUT2D eigenvalue weighted by Crippen LogP contribution is 2.22. The molecule has 0 spiro atoms. The normalized spacial score (nSPS) is 10.3. The summed E-state index contributed by atoms with van der Waals surface area (Å²) >= 11 is 3.63. The minimum absolute atomic E-state index is 0.186. The summed E-state index contributed by atoms with van der Waals surface area (Å²) in [6.07, 6.45) is 0. The van der Waals surface area contributed by atoms with Gasteiger partial charge in [-0.3, -0.25) is 4.79 Å². The van der Waals surface area contributed by atoms with Gasteiger partial charge in [0.15, 0.2) is 11.6 Å². The van der Waals surface area contributed by atoms with Crippen LogP contribution in [0.5, 0.6) is 5.75 Å². The van der Waals surface area contributed by atoms with Gasteiger partial charge in [0, 0.05) is 17.1 Å². The SMILES string of the molecule is CCOc1ccc(NC(=O)c2csc(I)c2)cc1F. The molecule has 1 heterocycles. The Morgan fingerprint density at radius 2 is 2.26 bits per heavy atom. The second-order valence-electron chi connectivity index (χ2n) is 3.67. The number of amides is 1. The van der Waals surface area contributed by atoms with Gasteiger partial charge >= 0.3 is 0 Å². The molecule has 0 saturated carbocycles. The molecular weight excluding hydrogens is 380 g/mol. The molecule has 0 fully saturated rings. The molecule has 0 saturated heterocycles. The molecule has 1 N–H and O–H groups in total. The van der Waals surface area contributed by atoms with Crippen LogP contribution in [0.15, 0.2) is 29.6 Å². The largest absolute Gasteiger partial charge is 0.491 e. The third-order valence-electron chi connectivity index (χ3n) is 2.32. The fraction of sp³-hybridized carbons (Fsp3) is 0.154. The van der Waals surface area contributed by atoms with Crippen LogP contribution in [0.1, 0.15) is 17.3 Å². The van der Waals surface area contributed by atoms with Crippen LogP contribution >= 0.6 is 33.9 Å². The molecular formula is C13H11FINO2S. The molecule has 100 valence electrons. The zero-order valence-electron chi connectivity index (χ0n) is 10.1. The molecule has 2 aromatic rings. The highest BCUT2D eigenvalue weighted by molar-refractivity contribution is 14.1. The van der Waals surface area contributed by atoms with Crippen molar-refractivity contribution in [2.45, 2.75) is 6.92 Å². The van der Waals surface area contributed by atoms with Gasteiger partial charge in [0.25, 0.3) is 5.91 Å². The minimum Gasteiger partial charge on any atom is -0.491 e. The lowest BCUT2D eigenvalue weighted by atomic mass is 10.2. The molecule has 0 unspecified atom stereocenters. The molecule has 6 heteroatoms. The topological polar surface area (TPSA) is 38.3 Å². The van der Waals surface area contributed by atoms with Crippen LogP contribution in [0.25, 0.3) is 0 Å². The summed E-state index contributed by atoms with van der Waals surface area (Å²) in [5.74, 6) is -0.548. The van der Waals surface area contributed by atoms with Crippen LogP contribution in [0.2, 0.25) is 0 Å². The summed E-state index contributed by atoms with van der Waals surface area (Å²) in [5, 5.41) is 4.42. The standard InChI is InChI=1S/C13H11FINO2S/c1-2-18-11-4-3-9(6-10(11)14)16-13(17)8-5-12(15)19-7-8/h3-7H,2H2,1H3,(H,16,17). The van der Waals surface area contributed by atoms with Gasteiger partial charge in [-0.2, -0.15) is 0 Å². The lowest BCUT2D eigenvalue weighted by Gasteiger charge is -2.07. The van der Waals surface area contributed by atoms with Crippen molar-refractivity contribution in [3.05, 3.63) is 43.9 Å². The van der Waals surface area contributed by atoms with Crippen LogP contribution in [0.4, 0.5) is 10.1 Å². The summed E-state index contributed by atoms with van der Waals surface area (Å²) in [5.41, 5.74) is 0.982. The number of carbonyl (C=O) groups excluding carboxylic acids is 1. The second-order valence-corrected chi connectivity index (χ2v) is 6.48. The maximum atomic E-state index is 13.6. The van der Waals surface area contributed by atoms with E-state index in [-0.39, 0.29) is 11.7 Å². The minimum atomic E-state index is -0.487. The fourth-order valence-corrected chi connectivity index (χ4v) is 2.81. The average molecular weight is 391 g/mol. The Labute approximate surface area is 127 Å². The smallest absolute Gasteiger partial charge is 0.256 e. The van der Waals surface area contributed by atoms with E-state index < -0.39 is 5.82 Å². The zero-order chi connectivity index (χ0) is 13.8. The van der Waals surface area contributed by atoms with Gasteiger partial charge in [-0.25, -0.2) is 4.39 Å². The summed E-state index contributed by atoms with van der Waals surface area (Å²) in [7, 11) is 0. The number of anilines is 1. The van der Waals surface area contributed by atoms with Crippen LogP contribution in [0, 0.1) is 8.70 Å². The molecule has 0 aliphatic carbocycles. The van der Waals surface area contributed by atoms with Crippen LogP contribution in [0.3, 0.4) is 0 Å². The average Bonchev–Trinajstić information content (AvgIpc) is 2.80. The number of hydrogen-bond acceptors (Lipinski definition) is 3. The van der Waals surface area contributed by atoms with Gasteiger partial charge in [0.05, 0.1) is 15.1 Å². The molecule has 1 aromatic heterocycles. The molecule has 1 amide bonds. The Bertz CT molecular complexity index is 600. The van der Waals surface area contributed by atoms with Crippen LogP contribution in [-0.4, -0.2) is 12.5 Å². The van der Waals surface area contributed by atoms with Crippen LogP contribution < -0.4 is 10.1 Å². The number of hydrogen-bond donors (Lipinski definition) is 1. The summed E-state index contributed by atoms with van der Waals surface area (Å²) in [6.45, 7) is 2.18. The molecule has 0 radical (unpaired) electrons. The fourth-order valence-electron chi connectivity index (χ4n) is 1.48. The van der Waals surface area contributed by atoms with Gasteiger partial charge < -0.3 is 10.1 Å². The molecule has 0 atom stereocenters. The van der Waals surface area contributed by atoms with Gasteiger partial charge in [-0.05, 0) is 47.7 Å². The molecule has 1 aromatic carbocycles. The van der Waals surface area contributed by atoms with Crippen molar-refractivity contribution in [3.8, 4) is 5.75 Å². The van der Waals surface area contributed by atoms with Crippen LogP contribution in [-0.2, 0) is 0 Å². The maximum Gasteiger partial charge on any atom is 0.256 e. The number of nitrogens with one attached hydrogen (secondary N) is 1.